The highest BCUT2D eigenvalue weighted by molar-refractivity contribution is 5.87. The minimum absolute atomic E-state index is 0.00355. The summed E-state index contributed by atoms with van der Waals surface area (Å²) in [6.07, 6.45) is -6.21. The van der Waals surface area contributed by atoms with Crippen LogP contribution in [0, 0.1) is 5.41 Å². The van der Waals surface area contributed by atoms with Crippen LogP contribution < -0.4 is 9.47 Å². The van der Waals surface area contributed by atoms with Crippen molar-refractivity contribution in [1.29, 1.82) is 0 Å². The first kappa shape index (κ1) is 24.6. The molecular weight excluding hydrogens is 469 g/mol. The first-order valence-electron chi connectivity index (χ1n) is 10.9. The van der Waals surface area contributed by atoms with E-state index in [9.17, 15) is 23.1 Å². The number of halogens is 3. The molecule has 188 valence electrons. The molecule has 2 aromatic carbocycles. The summed E-state index contributed by atoms with van der Waals surface area (Å²) in [5.41, 5.74) is 1.47. The molecule has 8 nitrogen and oxygen atoms in total. The van der Waals surface area contributed by atoms with Crippen molar-refractivity contribution in [3.8, 4) is 22.8 Å². The Labute approximate surface area is 199 Å². The van der Waals surface area contributed by atoms with Gasteiger partial charge in [-0.3, -0.25) is 4.90 Å². The van der Waals surface area contributed by atoms with Crippen molar-refractivity contribution in [1.82, 2.24) is 10.1 Å². The van der Waals surface area contributed by atoms with Gasteiger partial charge in [0.2, 0.25) is 0 Å². The van der Waals surface area contributed by atoms with Crippen molar-refractivity contribution in [2.24, 2.45) is 5.41 Å². The van der Waals surface area contributed by atoms with E-state index < -0.39 is 24.6 Å². The second-order valence-corrected chi connectivity index (χ2v) is 9.28. The zero-order valence-electron chi connectivity index (χ0n) is 19.3. The second kappa shape index (κ2) is 9.29. The van der Waals surface area contributed by atoms with Crippen LogP contribution in [-0.4, -0.2) is 59.5 Å². The summed E-state index contributed by atoms with van der Waals surface area (Å²) in [6, 6.07) is 10.1. The molecule has 1 unspecified atom stereocenters. The summed E-state index contributed by atoms with van der Waals surface area (Å²) in [5.74, 6) is -0.134. The summed E-state index contributed by atoms with van der Waals surface area (Å²) in [6.45, 7) is 6.45. The molecule has 2 atom stereocenters. The van der Waals surface area contributed by atoms with E-state index in [0.717, 1.165) is 0 Å². The first-order valence-corrected chi connectivity index (χ1v) is 10.9. The Bertz CT molecular complexity index is 1190. The lowest BCUT2D eigenvalue weighted by atomic mass is 9.83. The highest BCUT2D eigenvalue weighted by Gasteiger charge is 2.42. The molecule has 0 bridgehead atoms. The van der Waals surface area contributed by atoms with Crippen LogP contribution >= 0.6 is 0 Å². The number of fused-ring (bicyclic) bond motifs is 1. The van der Waals surface area contributed by atoms with Crippen molar-refractivity contribution in [2.45, 2.75) is 39.3 Å². The molecular formula is C24H25F3N2O6. The Morgan fingerprint density at radius 2 is 1.83 bits per heavy atom. The molecule has 2 heterocycles. The number of nitrogens with zero attached hydrogens (tertiary/aromatic N) is 2. The minimum Gasteiger partial charge on any atom is -0.473 e. The lowest BCUT2D eigenvalue weighted by Crippen LogP contribution is -2.59. The van der Waals surface area contributed by atoms with Gasteiger partial charge in [-0.2, -0.15) is 0 Å². The number of amides is 1. The molecule has 0 aliphatic carbocycles. The number of ether oxygens (including phenoxy) is 3. The van der Waals surface area contributed by atoms with Gasteiger partial charge in [-0.1, -0.05) is 39.0 Å². The van der Waals surface area contributed by atoms with Gasteiger partial charge in [-0.05, 0) is 46.0 Å². The standard InChI is InChI=1S/C24H25F3N2O6/c1-23(2,3)20-18(29(22(30)31)10-11-32-20)13-33-21-17-12-15(6-9-19(17)35-28-21)14-4-7-16(8-5-14)34-24(25,26)27/h4-9,12,18,20H,10-11,13H2,1-3H3,(H,30,31)/t18?,20-/m1/s1. The fraction of sp³-hybridized carbons (Fsp3) is 0.417. The Morgan fingerprint density at radius 3 is 2.46 bits per heavy atom. The van der Waals surface area contributed by atoms with E-state index in [1.807, 2.05) is 20.8 Å². The first-order chi connectivity index (χ1) is 16.4. The maximum atomic E-state index is 12.4. The fourth-order valence-electron chi connectivity index (χ4n) is 4.17. The topological polar surface area (TPSA) is 94.3 Å². The number of alkyl halides is 3. The van der Waals surface area contributed by atoms with E-state index in [0.29, 0.717) is 28.7 Å². The van der Waals surface area contributed by atoms with E-state index in [2.05, 4.69) is 9.89 Å². The van der Waals surface area contributed by atoms with Gasteiger partial charge >= 0.3 is 12.5 Å². The largest absolute Gasteiger partial charge is 0.573 e. The van der Waals surface area contributed by atoms with Crippen LogP contribution in [0.5, 0.6) is 11.6 Å². The normalized spacial score (nSPS) is 19.1. The number of rotatable bonds is 5. The van der Waals surface area contributed by atoms with E-state index in [4.69, 9.17) is 14.0 Å². The van der Waals surface area contributed by atoms with Crippen molar-refractivity contribution < 1.29 is 41.8 Å². The highest BCUT2D eigenvalue weighted by atomic mass is 19.4. The summed E-state index contributed by atoms with van der Waals surface area (Å²) in [4.78, 5) is 13.1. The van der Waals surface area contributed by atoms with Gasteiger partial charge in [-0.25, -0.2) is 4.79 Å². The number of carboxylic acid groups (broad SMARTS) is 1. The Balaban J connectivity index is 1.56. The third-order valence-corrected chi connectivity index (χ3v) is 5.73. The van der Waals surface area contributed by atoms with Crippen molar-refractivity contribution in [2.75, 3.05) is 19.8 Å². The number of morpholine rings is 1. The quantitative estimate of drug-likeness (QED) is 0.496. The molecule has 11 heteroatoms. The van der Waals surface area contributed by atoms with Crippen LogP contribution in [0.3, 0.4) is 0 Å². The number of carbonyl (C=O) groups is 1. The number of hydrogen-bond acceptors (Lipinski definition) is 6. The predicted molar refractivity (Wildman–Crippen MR) is 119 cm³/mol. The van der Waals surface area contributed by atoms with Crippen molar-refractivity contribution in [3.63, 3.8) is 0 Å². The number of aromatic nitrogens is 1. The summed E-state index contributed by atoms with van der Waals surface area (Å²) in [7, 11) is 0. The molecule has 1 saturated heterocycles. The molecule has 1 aromatic heterocycles. The molecule has 0 spiro atoms. The average Bonchev–Trinajstić information content (AvgIpc) is 3.18. The van der Waals surface area contributed by atoms with Crippen LogP contribution in [-0.2, 0) is 4.74 Å². The van der Waals surface area contributed by atoms with Crippen LogP contribution in [0.2, 0.25) is 0 Å². The van der Waals surface area contributed by atoms with Crippen molar-refractivity contribution >= 4 is 17.1 Å². The van der Waals surface area contributed by atoms with Gasteiger partial charge in [-0.15, -0.1) is 13.2 Å². The molecule has 0 radical (unpaired) electrons. The molecule has 1 fully saturated rings. The fourth-order valence-corrected chi connectivity index (χ4v) is 4.17. The summed E-state index contributed by atoms with van der Waals surface area (Å²) in [5, 5.41) is 14.2. The monoisotopic (exact) mass is 494 g/mol. The van der Waals surface area contributed by atoms with Gasteiger partial charge in [0.15, 0.2) is 5.58 Å². The van der Waals surface area contributed by atoms with Gasteiger partial charge in [0.25, 0.3) is 5.88 Å². The molecule has 1 aliphatic heterocycles. The van der Waals surface area contributed by atoms with Crippen LogP contribution in [0.1, 0.15) is 20.8 Å². The van der Waals surface area contributed by atoms with Crippen molar-refractivity contribution in [3.05, 3.63) is 42.5 Å². The number of hydrogen-bond donors (Lipinski definition) is 1. The van der Waals surface area contributed by atoms with E-state index in [1.165, 1.54) is 29.2 Å². The van der Waals surface area contributed by atoms with Crippen LogP contribution in [0.4, 0.5) is 18.0 Å². The maximum absolute atomic E-state index is 12.4. The van der Waals surface area contributed by atoms with Crippen LogP contribution in [0.15, 0.2) is 47.0 Å². The van der Waals surface area contributed by atoms with E-state index >= 15 is 0 Å². The Kier molecular flexibility index (Phi) is 6.54. The molecule has 4 rings (SSSR count). The smallest absolute Gasteiger partial charge is 0.473 e. The third kappa shape index (κ3) is 5.61. The second-order valence-electron chi connectivity index (χ2n) is 9.28. The average molecular weight is 494 g/mol. The van der Waals surface area contributed by atoms with Crippen LogP contribution in [0.25, 0.3) is 22.1 Å². The third-order valence-electron chi connectivity index (χ3n) is 5.73. The van der Waals surface area contributed by atoms with Gasteiger partial charge < -0.3 is 23.8 Å². The maximum Gasteiger partial charge on any atom is 0.573 e. The summed E-state index contributed by atoms with van der Waals surface area (Å²) < 4.78 is 58.3. The van der Waals surface area contributed by atoms with Gasteiger partial charge in [0, 0.05) is 6.54 Å². The Morgan fingerprint density at radius 1 is 1.14 bits per heavy atom. The van der Waals surface area contributed by atoms with Gasteiger partial charge in [0.05, 0.1) is 24.1 Å². The molecule has 1 aliphatic rings. The van der Waals surface area contributed by atoms with E-state index in [1.54, 1.807) is 18.2 Å². The summed E-state index contributed by atoms with van der Waals surface area (Å²) >= 11 is 0. The Hall–Kier alpha value is -3.47. The minimum atomic E-state index is -4.76. The molecule has 35 heavy (non-hydrogen) atoms. The molecule has 1 N–H and O–H groups in total. The zero-order valence-corrected chi connectivity index (χ0v) is 19.3. The van der Waals surface area contributed by atoms with E-state index in [-0.39, 0.29) is 30.2 Å². The van der Waals surface area contributed by atoms with Gasteiger partial charge in [0.1, 0.15) is 12.4 Å². The highest BCUT2D eigenvalue weighted by Crippen LogP contribution is 2.34. The molecule has 1 amide bonds. The number of benzene rings is 2. The molecule has 3 aromatic rings. The lowest BCUT2D eigenvalue weighted by molar-refractivity contribution is -0.274. The lowest BCUT2D eigenvalue weighted by Gasteiger charge is -2.44. The zero-order chi connectivity index (χ0) is 25.4. The molecule has 0 saturated carbocycles. The predicted octanol–water partition coefficient (Wildman–Crippen LogP) is 5.57. The SMILES string of the molecule is CC(C)(C)[C@@H]1OCCN(C(=O)O)C1COc1noc2ccc(-c3ccc(OC(F)(F)F)cc3)cc12.